The molecule has 22 heavy (non-hydrogen) atoms. The Hall–Kier alpha value is -1.39. The molecule has 1 unspecified atom stereocenters. The second kappa shape index (κ2) is 7.75. The largest absolute Gasteiger partial charge is 0.392 e. The van der Waals surface area contributed by atoms with E-state index in [4.69, 9.17) is 11.6 Å². The van der Waals surface area contributed by atoms with Crippen LogP contribution in [0.15, 0.2) is 24.3 Å². The summed E-state index contributed by atoms with van der Waals surface area (Å²) in [6, 6.07) is 6.37. The van der Waals surface area contributed by atoms with E-state index in [9.17, 15) is 14.7 Å². The first kappa shape index (κ1) is 17.0. The molecule has 120 valence electrons. The molecular weight excluding hydrogens is 302 g/mol. The van der Waals surface area contributed by atoms with Crippen molar-refractivity contribution in [2.24, 2.45) is 0 Å². The molecule has 2 rings (SSSR count). The molecule has 5 heteroatoms. The molecule has 1 saturated carbocycles. The Bertz CT molecular complexity index is 521. The number of aliphatic hydroxyl groups is 1. The number of carbonyl (C=O) groups is 2. The van der Waals surface area contributed by atoms with Gasteiger partial charge in [0.25, 0.3) is 5.91 Å². The Morgan fingerprint density at radius 3 is 2.36 bits per heavy atom. The van der Waals surface area contributed by atoms with Gasteiger partial charge in [0, 0.05) is 23.2 Å². The molecule has 1 atom stereocenters. The van der Waals surface area contributed by atoms with Gasteiger partial charge < -0.3 is 10.0 Å². The van der Waals surface area contributed by atoms with Gasteiger partial charge in [0.1, 0.15) is 0 Å². The number of Topliss-reactive ketones (excluding diaryl/α,β-unsaturated/α-hetero) is 1. The summed E-state index contributed by atoms with van der Waals surface area (Å²) < 4.78 is 0. The topological polar surface area (TPSA) is 57.6 Å². The Balaban J connectivity index is 2.16. The van der Waals surface area contributed by atoms with Crippen LogP contribution in [-0.2, 0) is 4.79 Å². The van der Waals surface area contributed by atoms with E-state index in [1.165, 1.54) is 6.42 Å². The van der Waals surface area contributed by atoms with E-state index in [0.29, 0.717) is 10.6 Å². The van der Waals surface area contributed by atoms with Crippen molar-refractivity contribution in [3.8, 4) is 0 Å². The van der Waals surface area contributed by atoms with Crippen LogP contribution in [0.25, 0.3) is 0 Å². The molecule has 1 amide bonds. The second-order valence-electron chi connectivity index (χ2n) is 5.93. The van der Waals surface area contributed by atoms with Crippen molar-refractivity contribution in [3.05, 3.63) is 34.9 Å². The molecule has 1 fully saturated rings. The summed E-state index contributed by atoms with van der Waals surface area (Å²) in [6.45, 7) is 1.83. The highest BCUT2D eigenvalue weighted by Crippen LogP contribution is 2.24. The second-order valence-corrected chi connectivity index (χ2v) is 6.37. The highest BCUT2D eigenvalue weighted by atomic mass is 35.5. The van der Waals surface area contributed by atoms with Crippen molar-refractivity contribution in [3.63, 3.8) is 0 Å². The predicted molar refractivity (Wildman–Crippen MR) is 86.0 cm³/mol. The summed E-state index contributed by atoms with van der Waals surface area (Å²) in [7, 11) is 0. The maximum absolute atomic E-state index is 12.6. The molecule has 0 radical (unpaired) electrons. The van der Waals surface area contributed by atoms with Crippen LogP contribution in [-0.4, -0.2) is 40.4 Å². The van der Waals surface area contributed by atoms with Crippen molar-refractivity contribution in [2.75, 3.05) is 6.54 Å². The average molecular weight is 324 g/mol. The summed E-state index contributed by atoms with van der Waals surface area (Å²) in [6.07, 6.45) is 4.42. The van der Waals surface area contributed by atoms with Crippen LogP contribution in [0.5, 0.6) is 0 Å². The first-order valence-corrected chi connectivity index (χ1v) is 8.15. The smallest absolute Gasteiger partial charge is 0.295 e. The summed E-state index contributed by atoms with van der Waals surface area (Å²) in [5, 5.41) is 10.2. The van der Waals surface area contributed by atoms with Crippen LogP contribution >= 0.6 is 11.6 Å². The Labute approximate surface area is 136 Å². The molecule has 0 saturated heterocycles. The lowest BCUT2D eigenvalue weighted by Gasteiger charge is -2.34. The first-order chi connectivity index (χ1) is 10.5. The number of carbonyl (C=O) groups excluding carboxylic acids is 2. The zero-order chi connectivity index (χ0) is 16.1. The molecule has 0 heterocycles. The molecular formula is C17H22ClNO3. The molecule has 1 N–H and O–H groups in total. The summed E-state index contributed by atoms with van der Waals surface area (Å²) in [5.41, 5.74) is 0.334. The molecule has 1 aromatic rings. The van der Waals surface area contributed by atoms with Gasteiger partial charge in [0.05, 0.1) is 6.10 Å². The van der Waals surface area contributed by atoms with Crippen LogP contribution < -0.4 is 0 Å². The Morgan fingerprint density at radius 1 is 1.23 bits per heavy atom. The van der Waals surface area contributed by atoms with Crippen LogP contribution in [0.1, 0.15) is 49.4 Å². The van der Waals surface area contributed by atoms with Crippen molar-refractivity contribution in [2.45, 2.75) is 51.2 Å². The molecule has 0 aliphatic heterocycles. The van der Waals surface area contributed by atoms with Crippen LogP contribution in [0.4, 0.5) is 0 Å². The minimum Gasteiger partial charge on any atom is -0.392 e. The fourth-order valence-corrected chi connectivity index (χ4v) is 3.06. The highest BCUT2D eigenvalue weighted by molar-refractivity contribution is 6.43. The normalized spacial score (nSPS) is 17.0. The van der Waals surface area contributed by atoms with Crippen molar-refractivity contribution < 1.29 is 14.7 Å². The third-order valence-corrected chi connectivity index (χ3v) is 4.29. The summed E-state index contributed by atoms with van der Waals surface area (Å²) >= 11 is 5.81. The lowest BCUT2D eigenvalue weighted by Crippen LogP contribution is -2.47. The number of nitrogens with zero attached hydrogens (tertiary/aromatic N) is 1. The maximum atomic E-state index is 12.6. The molecule has 0 bridgehead atoms. The van der Waals surface area contributed by atoms with E-state index >= 15 is 0 Å². The standard InChI is InChI=1S/C17H22ClNO3/c1-12(20)11-19(15-5-3-2-4-6-15)17(22)16(21)13-7-9-14(18)10-8-13/h7-10,12,15,20H,2-6,11H2,1H3. The van der Waals surface area contributed by atoms with Crippen LogP contribution in [0.2, 0.25) is 5.02 Å². The number of amides is 1. The highest BCUT2D eigenvalue weighted by Gasteiger charge is 2.30. The average Bonchev–Trinajstić information content (AvgIpc) is 2.52. The number of rotatable bonds is 5. The van der Waals surface area contributed by atoms with E-state index in [1.54, 1.807) is 36.1 Å². The van der Waals surface area contributed by atoms with Gasteiger partial charge in [-0.3, -0.25) is 9.59 Å². The molecule has 0 spiro atoms. The molecule has 4 nitrogen and oxygen atoms in total. The van der Waals surface area contributed by atoms with Crippen LogP contribution in [0.3, 0.4) is 0 Å². The van der Waals surface area contributed by atoms with Gasteiger partial charge in [-0.15, -0.1) is 0 Å². The SMILES string of the molecule is CC(O)CN(C(=O)C(=O)c1ccc(Cl)cc1)C1CCCCC1. The zero-order valence-electron chi connectivity index (χ0n) is 12.8. The quantitative estimate of drug-likeness (QED) is 0.669. The summed E-state index contributed by atoms with van der Waals surface area (Å²) in [5.74, 6) is -1.07. The van der Waals surface area contributed by atoms with Gasteiger partial charge in [-0.2, -0.15) is 0 Å². The van der Waals surface area contributed by atoms with E-state index in [0.717, 1.165) is 25.7 Å². The van der Waals surface area contributed by atoms with Gasteiger partial charge in [-0.05, 0) is 44.0 Å². The zero-order valence-corrected chi connectivity index (χ0v) is 13.6. The third kappa shape index (κ3) is 4.31. The predicted octanol–water partition coefficient (Wildman–Crippen LogP) is 3.06. The number of ketones is 1. The number of benzene rings is 1. The van der Waals surface area contributed by atoms with E-state index < -0.39 is 17.8 Å². The maximum Gasteiger partial charge on any atom is 0.295 e. The van der Waals surface area contributed by atoms with Gasteiger partial charge in [-0.25, -0.2) is 0 Å². The number of hydrogen-bond donors (Lipinski definition) is 1. The van der Waals surface area contributed by atoms with Gasteiger partial charge in [0.2, 0.25) is 5.78 Å². The Kier molecular flexibility index (Phi) is 5.98. The van der Waals surface area contributed by atoms with E-state index in [-0.39, 0.29) is 12.6 Å². The fourth-order valence-electron chi connectivity index (χ4n) is 2.93. The first-order valence-electron chi connectivity index (χ1n) is 7.78. The van der Waals surface area contributed by atoms with Gasteiger partial charge in [0.15, 0.2) is 0 Å². The lowest BCUT2D eigenvalue weighted by molar-refractivity contribution is -0.130. The fraction of sp³-hybridized carbons (Fsp3) is 0.529. The van der Waals surface area contributed by atoms with Gasteiger partial charge >= 0.3 is 0 Å². The minimum absolute atomic E-state index is 0.0482. The number of aliphatic hydroxyl groups excluding tert-OH is 1. The molecule has 0 aromatic heterocycles. The third-order valence-electron chi connectivity index (χ3n) is 4.04. The van der Waals surface area contributed by atoms with E-state index in [1.807, 2.05) is 0 Å². The number of halogens is 1. The summed E-state index contributed by atoms with van der Waals surface area (Å²) in [4.78, 5) is 26.6. The minimum atomic E-state index is -0.649. The van der Waals surface area contributed by atoms with Crippen molar-refractivity contribution in [1.82, 2.24) is 4.90 Å². The van der Waals surface area contributed by atoms with Crippen molar-refractivity contribution in [1.29, 1.82) is 0 Å². The van der Waals surface area contributed by atoms with Crippen molar-refractivity contribution >= 4 is 23.3 Å². The van der Waals surface area contributed by atoms with Gasteiger partial charge in [-0.1, -0.05) is 30.9 Å². The van der Waals surface area contributed by atoms with E-state index in [2.05, 4.69) is 0 Å². The molecule has 1 aromatic carbocycles. The van der Waals surface area contributed by atoms with Crippen LogP contribution in [0, 0.1) is 0 Å². The number of hydrogen-bond acceptors (Lipinski definition) is 3. The molecule has 1 aliphatic rings. The monoisotopic (exact) mass is 323 g/mol. The molecule has 1 aliphatic carbocycles. The Morgan fingerprint density at radius 2 is 1.82 bits per heavy atom. The lowest BCUT2D eigenvalue weighted by atomic mass is 9.93.